The van der Waals surface area contributed by atoms with Crippen molar-refractivity contribution in [2.24, 2.45) is 5.92 Å². The maximum atomic E-state index is 14.5. The molecule has 0 spiro atoms. The number of hydrogen-bond donors (Lipinski definition) is 1. The number of nitrogens with zero attached hydrogens (tertiary/aromatic N) is 1. The molecule has 1 aliphatic heterocycles. The maximum absolute atomic E-state index is 14.5. The molecule has 2 aromatic carbocycles. The fourth-order valence-electron chi connectivity index (χ4n) is 3.70. The van der Waals surface area contributed by atoms with Crippen LogP contribution in [0.25, 0.3) is 0 Å². The number of ether oxygens (including phenoxy) is 1. The van der Waals surface area contributed by atoms with Gasteiger partial charge in [-0.05, 0) is 24.5 Å². The van der Waals surface area contributed by atoms with E-state index >= 15 is 0 Å². The largest absolute Gasteiger partial charge is 0.487 e. The van der Waals surface area contributed by atoms with Gasteiger partial charge in [0, 0.05) is 12.1 Å². The van der Waals surface area contributed by atoms with Crippen LogP contribution in [0.5, 0.6) is 5.75 Å². The zero-order valence-corrected chi connectivity index (χ0v) is 15.0. The quantitative estimate of drug-likeness (QED) is 0.858. The van der Waals surface area contributed by atoms with Gasteiger partial charge in [-0.1, -0.05) is 54.8 Å². The van der Waals surface area contributed by atoms with Crippen LogP contribution < -0.4 is 15.2 Å². The number of hydrogen-bond acceptors (Lipinski definition) is 3. The van der Waals surface area contributed by atoms with E-state index in [1.54, 1.807) is 0 Å². The molecule has 1 aliphatic carbocycles. The third-order valence-corrected chi connectivity index (χ3v) is 5.37. The minimum absolute atomic E-state index is 0.0764. The lowest BCUT2D eigenvalue weighted by atomic mass is 9.86. The highest BCUT2D eigenvalue weighted by Gasteiger charge is 2.42. The first-order chi connectivity index (χ1) is 12.6. The summed E-state index contributed by atoms with van der Waals surface area (Å²) in [5.74, 6) is -0.338. The van der Waals surface area contributed by atoms with E-state index in [1.807, 2.05) is 30.3 Å². The molecule has 6 heteroatoms. The predicted octanol–water partition coefficient (Wildman–Crippen LogP) is 4.47. The lowest BCUT2D eigenvalue weighted by Crippen LogP contribution is -2.38. The van der Waals surface area contributed by atoms with Gasteiger partial charge in [0.05, 0.1) is 10.9 Å². The lowest BCUT2D eigenvalue weighted by Gasteiger charge is -2.21. The molecule has 2 aromatic rings. The molecule has 1 N–H and O–H groups in total. The Labute approximate surface area is 156 Å². The Morgan fingerprint density at radius 2 is 1.96 bits per heavy atom. The standard InChI is InChI=1S/C20H20ClFN2O2/c21-15-10-16(22)18(11-19(15)26-12-13-6-2-1-3-7-13)24-20(25)14-8-4-5-9-17(14)23-24/h1-3,6-7,10-11,14,17,23H,4-5,8-9,12H2. The summed E-state index contributed by atoms with van der Waals surface area (Å²) in [7, 11) is 0. The SMILES string of the molecule is O=C1C2CCCCC2NN1c1cc(OCc2ccccc2)c(Cl)cc1F. The smallest absolute Gasteiger partial charge is 0.246 e. The van der Waals surface area contributed by atoms with Gasteiger partial charge < -0.3 is 4.74 Å². The van der Waals surface area contributed by atoms with E-state index in [4.69, 9.17) is 16.3 Å². The van der Waals surface area contributed by atoms with Crippen molar-refractivity contribution in [2.45, 2.75) is 38.3 Å². The Kier molecular flexibility index (Phi) is 4.83. The highest BCUT2D eigenvalue weighted by molar-refractivity contribution is 6.32. The van der Waals surface area contributed by atoms with E-state index < -0.39 is 5.82 Å². The fourth-order valence-corrected chi connectivity index (χ4v) is 3.91. The number of halogens is 2. The van der Waals surface area contributed by atoms with E-state index in [0.29, 0.717) is 12.4 Å². The second-order valence-corrected chi connectivity index (χ2v) is 7.22. The predicted molar refractivity (Wildman–Crippen MR) is 98.6 cm³/mol. The molecule has 0 radical (unpaired) electrons. The molecule has 2 atom stereocenters. The molecule has 2 unspecified atom stereocenters. The molecule has 0 aromatic heterocycles. The summed E-state index contributed by atoms with van der Waals surface area (Å²) in [6.07, 6.45) is 3.90. The Hall–Kier alpha value is -2.11. The minimum atomic E-state index is -0.540. The van der Waals surface area contributed by atoms with Crippen LogP contribution in [0.2, 0.25) is 5.02 Å². The molecule has 1 saturated heterocycles. The average molecular weight is 375 g/mol. The normalized spacial score (nSPS) is 22.4. The van der Waals surface area contributed by atoms with Crippen LogP contribution in [0.4, 0.5) is 10.1 Å². The highest BCUT2D eigenvalue weighted by atomic mass is 35.5. The molecular weight excluding hydrogens is 355 g/mol. The summed E-state index contributed by atoms with van der Waals surface area (Å²) in [6.45, 7) is 0.318. The molecule has 26 heavy (non-hydrogen) atoms. The fraction of sp³-hybridized carbons (Fsp3) is 0.350. The van der Waals surface area contributed by atoms with Crippen molar-refractivity contribution in [1.82, 2.24) is 5.43 Å². The van der Waals surface area contributed by atoms with Crippen LogP contribution in [-0.4, -0.2) is 11.9 Å². The monoisotopic (exact) mass is 374 g/mol. The van der Waals surface area contributed by atoms with E-state index in [1.165, 1.54) is 17.1 Å². The van der Waals surface area contributed by atoms with Crippen molar-refractivity contribution < 1.29 is 13.9 Å². The first kappa shape index (κ1) is 17.3. The second kappa shape index (κ2) is 7.25. The Balaban J connectivity index is 1.57. The zero-order chi connectivity index (χ0) is 18.1. The molecule has 0 bridgehead atoms. The number of fused-ring (bicyclic) bond motifs is 1. The van der Waals surface area contributed by atoms with Gasteiger partial charge in [0.1, 0.15) is 23.9 Å². The summed E-state index contributed by atoms with van der Waals surface area (Å²) in [4.78, 5) is 12.7. The lowest BCUT2D eigenvalue weighted by molar-refractivity contribution is -0.121. The van der Waals surface area contributed by atoms with E-state index in [-0.39, 0.29) is 28.6 Å². The van der Waals surface area contributed by atoms with Crippen molar-refractivity contribution >= 4 is 23.2 Å². The van der Waals surface area contributed by atoms with Crippen molar-refractivity contribution in [1.29, 1.82) is 0 Å². The highest BCUT2D eigenvalue weighted by Crippen LogP contribution is 2.37. The van der Waals surface area contributed by atoms with Crippen molar-refractivity contribution in [3.8, 4) is 5.75 Å². The number of hydrazine groups is 1. The van der Waals surface area contributed by atoms with E-state index in [9.17, 15) is 9.18 Å². The number of benzene rings is 2. The molecule has 4 rings (SSSR count). The first-order valence-corrected chi connectivity index (χ1v) is 9.27. The Morgan fingerprint density at radius 3 is 2.73 bits per heavy atom. The third-order valence-electron chi connectivity index (χ3n) is 5.08. The number of rotatable bonds is 4. The molecular formula is C20H20ClFN2O2. The Bertz CT molecular complexity index is 815. The van der Waals surface area contributed by atoms with Gasteiger partial charge in [-0.15, -0.1) is 0 Å². The van der Waals surface area contributed by atoms with Gasteiger partial charge in [-0.3, -0.25) is 4.79 Å². The molecule has 1 amide bonds. The summed E-state index contributed by atoms with van der Waals surface area (Å²) in [5, 5.41) is 1.52. The molecule has 1 saturated carbocycles. The summed E-state index contributed by atoms with van der Waals surface area (Å²) in [6, 6.07) is 12.4. The number of amides is 1. The summed E-state index contributed by atoms with van der Waals surface area (Å²) < 4.78 is 20.3. The van der Waals surface area contributed by atoms with Crippen LogP contribution in [0.1, 0.15) is 31.2 Å². The summed E-state index contributed by atoms with van der Waals surface area (Å²) in [5.41, 5.74) is 4.31. The van der Waals surface area contributed by atoms with Gasteiger partial charge in [-0.25, -0.2) is 14.8 Å². The number of nitrogens with one attached hydrogen (secondary N) is 1. The molecule has 4 nitrogen and oxygen atoms in total. The molecule has 2 aliphatic rings. The second-order valence-electron chi connectivity index (χ2n) is 6.81. The maximum Gasteiger partial charge on any atom is 0.246 e. The topological polar surface area (TPSA) is 41.6 Å². The van der Waals surface area contributed by atoms with Gasteiger partial charge in [-0.2, -0.15) is 0 Å². The van der Waals surface area contributed by atoms with Crippen LogP contribution in [-0.2, 0) is 11.4 Å². The third kappa shape index (κ3) is 3.29. The minimum Gasteiger partial charge on any atom is -0.487 e. The van der Waals surface area contributed by atoms with Gasteiger partial charge in [0.25, 0.3) is 0 Å². The van der Waals surface area contributed by atoms with Crippen LogP contribution in [0.15, 0.2) is 42.5 Å². The number of carbonyl (C=O) groups is 1. The first-order valence-electron chi connectivity index (χ1n) is 8.89. The molecule has 136 valence electrons. The summed E-state index contributed by atoms with van der Waals surface area (Å²) >= 11 is 6.14. The zero-order valence-electron chi connectivity index (χ0n) is 14.3. The van der Waals surface area contributed by atoms with E-state index in [0.717, 1.165) is 31.2 Å². The van der Waals surface area contributed by atoms with Crippen molar-refractivity contribution in [2.75, 3.05) is 5.01 Å². The van der Waals surface area contributed by atoms with Crippen LogP contribution in [0, 0.1) is 11.7 Å². The van der Waals surface area contributed by atoms with Crippen LogP contribution >= 0.6 is 11.6 Å². The van der Waals surface area contributed by atoms with Crippen molar-refractivity contribution in [3.63, 3.8) is 0 Å². The van der Waals surface area contributed by atoms with Gasteiger partial charge in [0.15, 0.2) is 0 Å². The Morgan fingerprint density at radius 1 is 1.19 bits per heavy atom. The number of anilines is 1. The van der Waals surface area contributed by atoms with Gasteiger partial charge in [0.2, 0.25) is 5.91 Å². The molecule has 1 heterocycles. The van der Waals surface area contributed by atoms with Crippen LogP contribution in [0.3, 0.4) is 0 Å². The average Bonchev–Trinajstić information content (AvgIpc) is 2.99. The van der Waals surface area contributed by atoms with E-state index in [2.05, 4.69) is 5.43 Å². The molecule has 2 fully saturated rings. The van der Waals surface area contributed by atoms with Gasteiger partial charge >= 0.3 is 0 Å². The van der Waals surface area contributed by atoms with Crippen molar-refractivity contribution in [3.05, 3.63) is 58.9 Å². The number of carbonyl (C=O) groups excluding carboxylic acids is 1.